The first-order chi connectivity index (χ1) is 11.6. The van der Waals surface area contributed by atoms with Gasteiger partial charge in [-0.3, -0.25) is 5.43 Å². The number of allylic oxidation sites excluding steroid dienone is 9. The van der Waals surface area contributed by atoms with Gasteiger partial charge in [0.15, 0.2) is 5.84 Å². The Morgan fingerprint density at radius 1 is 1.42 bits per heavy atom. The fraction of sp³-hybridized carbons (Fsp3) is 0.158. The van der Waals surface area contributed by atoms with Gasteiger partial charge in [-0.05, 0) is 31.9 Å². The van der Waals surface area contributed by atoms with Gasteiger partial charge in [0, 0.05) is 17.0 Å². The Balaban J connectivity index is 2.27. The van der Waals surface area contributed by atoms with Crippen molar-refractivity contribution < 1.29 is 0 Å². The number of hydrogen-bond acceptors (Lipinski definition) is 5. The van der Waals surface area contributed by atoms with E-state index in [2.05, 4.69) is 58.6 Å². The van der Waals surface area contributed by atoms with E-state index in [1.165, 1.54) is 6.34 Å². The molecule has 0 atom stereocenters. The van der Waals surface area contributed by atoms with E-state index in [1.807, 2.05) is 31.2 Å². The van der Waals surface area contributed by atoms with Crippen LogP contribution < -0.4 is 16.5 Å². The van der Waals surface area contributed by atoms with E-state index in [0.717, 1.165) is 29.0 Å². The summed E-state index contributed by atoms with van der Waals surface area (Å²) in [5, 5.41) is 7.25. The predicted octanol–water partition coefficient (Wildman–Crippen LogP) is 3.17. The number of hydrogen-bond donors (Lipinski definition) is 3. The molecular formula is C19H23N5. The first-order valence-electron chi connectivity index (χ1n) is 7.78. The average Bonchev–Trinajstić information content (AvgIpc) is 2.65. The molecule has 4 N–H and O–H groups in total. The molecule has 5 heteroatoms. The highest BCUT2D eigenvalue weighted by atomic mass is 15.3. The Kier molecular flexibility index (Phi) is 6.14. The molecule has 0 unspecified atom stereocenters. The van der Waals surface area contributed by atoms with Gasteiger partial charge < -0.3 is 11.1 Å². The lowest BCUT2D eigenvalue weighted by Gasteiger charge is -2.16. The van der Waals surface area contributed by atoms with Crippen LogP contribution in [-0.4, -0.2) is 12.2 Å². The van der Waals surface area contributed by atoms with Crippen molar-refractivity contribution in [3.8, 4) is 0 Å². The second-order valence-electron chi connectivity index (χ2n) is 5.31. The van der Waals surface area contributed by atoms with Gasteiger partial charge in [0.2, 0.25) is 0 Å². The summed E-state index contributed by atoms with van der Waals surface area (Å²) < 4.78 is 0. The van der Waals surface area contributed by atoms with Gasteiger partial charge in [-0.2, -0.15) is 5.10 Å². The fourth-order valence-corrected chi connectivity index (χ4v) is 2.20. The maximum Gasteiger partial charge on any atom is 0.150 e. The number of rotatable bonds is 3. The second-order valence-corrected chi connectivity index (χ2v) is 5.31. The highest BCUT2D eigenvalue weighted by molar-refractivity contribution is 6.01. The van der Waals surface area contributed by atoms with Crippen LogP contribution in [0.1, 0.15) is 20.3 Å². The standard InChI is InChI=1S/C19H23N5/c1-4-5-9-14(2)17-11-8-6-7-10-16(23-15(17)3)12-18-19(20)21-13-22-24-18/h4-6,8-13,23-24H,3,7H2,1-2H3,(H2,20,21,22)/b5-4-,8-6-,14-9+,16-10-,17-11-,18-12+. The number of nitrogens with two attached hydrogens (primary N) is 1. The summed E-state index contributed by atoms with van der Waals surface area (Å²) in [5.74, 6) is 0.397. The van der Waals surface area contributed by atoms with Crippen molar-refractivity contribution in [2.75, 3.05) is 0 Å². The third-order valence-corrected chi connectivity index (χ3v) is 3.47. The van der Waals surface area contributed by atoms with E-state index in [1.54, 1.807) is 0 Å². The Bertz CT molecular complexity index is 740. The van der Waals surface area contributed by atoms with E-state index in [4.69, 9.17) is 5.73 Å². The summed E-state index contributed by atoms with van der Waals surface area (Å²) in [5.41, 5.74) is 13.3. The molecule has 0 amide bonds. The summed E-state index contributed by atoms with van der Waals surface area (Å²) in [6, 6.07) is 0. The zero-order valence-electron chi connectivity index (χ0n) is 14.1. The minimum Gasteiger partial charge on any atom is -0.382 e. The van der Waals surface area contributed by atoms with E-state index in [0.29, 0.717) is 11.5 Å². The monoisotopic (exact) mass is 321 g/mol. The van der Waals surface area contributed by atoms with Crippen molar-refractivity contribution in [1.29, 1.82) is 0 Å². The molecular weight excluding hydrogens is 298 g/mol. The van der Waals surface area contributed by atoms with Gasteiger partial charge in [0.05, 0.1) is 0 Å². The van der Waals surface area contributed by atoms with Gasteiger partial charge in [0.1, 0.15) is 12.0 Å². The lowest BCUT2D eigenvalue weighted by molar-refractivity contribution is 0.908. The van der Waals surface area contributed by atoms with E-state index in [9.17, 15) is 0 Å². The lowest BCUT2D eigenvalue weighted by Crippen LogP contribution is -2.27. The van der Waals surface area contributed by atoms with E-state index >= 15 is 0 Å². The molecule has 2 aliphatic heterocycles. The molecule has 0 aromatic rings. The molecule has 2 aliphatic rings. The first-order valence-corrected chi connectivity index (χ1v) is 7.78. The maximum atomic E-state index is 5.87. The SMILES string of the molecule is C=C1NC(/C=C2/NN=CN=C2N)=C\C\C=C/C=C1/C(C)=C/C=C\C. The smallest absolute Gasteiger partial charge is 0.150 e. The summed E-state index contributed by atoms with van der Waals surface area (Å²) in [4.78, 5) is 3.99. The molecule has 24 heavy (non-hydrogen) atoms. The highest BCUT2D eigenvalue weighted by Gasteiger charge is 2.09. The molecule has 0 fully saturated rings. The number of hydrazone groups is 1. The third kappa shape index (κ3) is 4.71. The van der Waals surface area contributed by atoms with Crippen LogP contribution in [0, 0.1) is 0 Å². The molecule has 0 spiro atoms. The summed E-state index contributed by atoms with van der Waals surface area (Å²) in [6.07, 6.45) is 18.4. The van der Waals surface area contributed by atoms with Crippen LogP contribution in [0.3, 0.4) is 0 Å². The van der Waals surface area contributed by atoms with Crippen molar-refractivity contribution in [3.63, 3.8) is 0 Å². The van der Waals surface area contributed by atoms with Crippen LogP contribution >= 0.6 is 0 Å². The zero-order valence-corrected chi connectivity index (χ0v) is 14.1. The van der Waals surface area contributed by atoms with Gasteiger partial charge in [-0.1, -0.05) is 49.1 Å². The average molecular weight is 321 g/mol. The largest absolute Gasteiger partial charge is 0.382 e. The predicted molar refractivity (Wildman–Crippen MR) is 102 cm³/mol. The topological polar surface area (TPSA) is 74.8 Å². The summed E-state index contributed by atoms with van der Waals surface area (Å²) >= 11 is 0. The molecule has 0 radical (unpaired) electrons. The van der Waals surface area contributed by atoms with Crippen LogP contribution in [0.2, 0.25) is 0 Å². The van der Waals surface area contributed by atoms with E-state index < -0.39 is 0 Å². The van der Waals surface area contributed by atoms with Crippen molar-refractivity contribution in [2.24, 2.45) is 15.8 Å². The Labute approximate surface area is 143 Å². The summed E-state index contributed by atoms with van der Waals surface area (Å²) in [7, 11) is 0. The van der Waals surface area contributed by atoms with Gasteiger partial charge in [-0.15, -0.1) is 0 Å². The van der Waals surface area contributed by atoms with E-state index in [-0.39, 0.29) is 0 Å². The molecule has 124 valence electrons. The normalized spacial score (nSPS) is 26.2. The van der Waals surface area contributed by atoms with Crippen LogP contribution in [0.25, 0.3) is 0 Å². The third-order valence-electron chi connectivity index (χ3n) is 3.47. The Morgan fingerprint density at radius 2 is 2.25 bits per heavy atom. The second kappa shape index (κ2) is 8.53. The molecule has 0 aromatic heterocycles. The lowest BCUT2D eigenvalue weighted by atomic mass is 10.0. The Morgan fingerprint density at radius 3 is 3.00 bits per heavy atom. The van der Waals surface area contributed by atoms with Gasteiger partial charge >= 0.3 is 0 Å². The molecule has 0 saturated carbocycles. The quantitative estimate of drug-likeness (QED) is 0.699. The number of nitrogens with zero attached hydrogens (tertiary/aromatic N) is 2. The minimum atomic E-state index is 0.397. The molecule has 0 saturated heterocycles. The minimum absolute atomic E-state index is 0.397. The van der Waals surface area contributed by atoms with Gasteiger partial charge in [0.25, 0.3) is 0 Å². The summed E-state index contributed by atoms with van der Waals surface area (Å²) in [6.45, 7) is 8.23. The van der Waals surface area contributed by atoms with Crippen LogP contribution in [-0.2, 0) is 0 Å². The molecule has 2 rings (SSSR count). The zero-order chi connectivity index (χ0) is 17.4. The molecule has 2 heterocycles. The molecule has 0 aromatic carbocycles. The fourth-order valence-electron chi connectivity index (χ4n) is 2.20. The van der Waals surface area contributed by atoms with Crippen LogP contribution in [0.15, 0.2) is 93.5 Å². The van der Waals surface area contributed by atoms with Crippen molar-refractivity contribution in [3.05, 3.63) is 83.4 Å². The molecule has 0 bridgehead atoms. The Hall–Kier alpha value is -3.08. The van der Waals surface area contributed by atoms with Crippen LogP contribution in [0.4, 0.5) is 0 Å². The first kappa shape index (κ1) is 17.3. The van der Waals surface area contributed by atoms with Crippen molar-refractivity contribution >= 4 is 12.2 Å². The number of aliphatic imine (C=N–C) groups is 1. The molecule has 5 nitrogen and oxygen atoms in total. The van der Waals surface area contributed by atoms with Gasteiger partial charge in [-0.25, -0.2) is 4.99 Å². The maximum absolute atomic E-state index is 5.87. The number of amidine groups is 1. The number of nitrogens with one attached hydrogen (secondary N) is 2. The van der Waals surface area contributed by atoms with Crippen LogP contribution in [0.5, 0.6) is 0 Å². The van der Waals surface area contributed by atoms with Crippen molar-refractivity contribution in [2.45, 2.75) is 20.3 Å². The highest BCUT2D eigenvalue weighted by Crippen LogP contribution is 2.19. The molecule has 0 aliphatic carbocycles. The van der Waals surface area contributed by atoms with Crippen molar-refractivity contribution in [1.82, 2.24) is 10.7 Å².